The normalized spacial score (nSPS) is 12.3. The van der Waals surface area contributed by atoms with E-state index in [1.54, 1.807) is 7.11 Å². The van der Waals surface area contributed by atoms with Crippen LogP contribution in [0.2, 0.25) is 0 Å². The molecule has 0 aromatic rings. The van der Waals surface area contributed by atoms with Crippen LogP contribution in [0.1, 0.15) is 20.3 Å². The number of hydrogen-bond donors (Lipinski definition) is 0. The first-order chi connectivity index (χ1) is 21.3. The van der Waals surface area contributed by atoms with E-state index in [9.17, 15) is 0 Å². The summed E-state index contributed by atoms with van der Waals surface area (Å²) in [6.07, 6.45) is 1.13. The zero-order valence-electron chi connectivity index (χ0n) is 27.3. The van der Waals surface area contributed by atoms with Crippen LogP contribution in [0.5, 0.6) is 0 Å². The molecule has 0 aromatic carbocycles. The Hall–Kier alpha value is -0.520. The first-order valence-electron chi connectivity index (χ1n) is 15.7. The highest BCUT2D eigenvalue weighted by atomic mass is 16.6. The summed E-state index contributed by atoms with van der Waals surface area (Å²) in [5.41, 5.74) is 0. The van der Waals surface area contributed by atoms with Gasteiger partial charge in [-0.2, -0.15) is 0 Å². The van der Waals surface area contributed by atoms with Crippen molar-refractivity contribution in [1.82, 2.24) is 0 Å². The summed E-state index contributed by atoms with van der Waals surface area (Å²) in [6, 6.07) is 0. The third-order valence-electron chi connectivity index (χ3n) is 5.62. The van der Waals surface area contributed by atoms with Crippen molar-refractivity contribution >= 4 is 0 Å². The van der Waals surface area contributed by atoms with Crippen molar-refractivity contribution in [2.24, 2.45) is 5.92 Å². The molecule has 0 N–H and O–H groups in total. The van der Waals surface area contributed by atoms with Crippen LogP contribution in [-0.4, -0.2) is 172 Å². The fourth-order valence-corrected chi connectivity index (χ4v) is 2.96. The molecule has 0 bridgehead atoms. The molecule has 0 spiro atoms. The molecule has 0 saturated carbocycles. The van der Waals surface area contributed by atoms with Crippen LogP contribution in [0.25, 0.3) is 0 Å². The van der Waals surface area contributed by atoms with E-state index >= 15 is 0 Å². The summed E-state index contributed by atoms with van der Waals surface area (Å²) < 4.78 is 70.3. The summed E-state index contributed by atoms with van der Waals surface area (Å²) in [5.74, 6) is 0.598. The minimum Gasteiger partial charge on any atom is -0.382 e. The molecule has 43 heavy (non-hydrogen) atoms. The van der Waals surface area contributed by atoms with Crippen molar-refractivity contribution in [3.8, 4) is 0 Å². The maximum absolute atomic E-state index is 5.53. The molecule has 0 fully saturated rings. The molecule has 13 nitrogen and oxygen atoms in total. The maximum atomic E-state index is 5.53. The molecule has 0 radical (unpaired) electrons. The fourth-order valence-electron chi connectivity index (χ4n) is 2.96. The summed E-state index contributed by atoms with van der Waals surface area (Å²) in [7, 11) is 1.65. The van der Waals surface area contributed by atoms with E-state index in [0.29, 0.717) is 164 Å². The van der Waals surface area contributed by atoms with Crippen LogP contribution >= 0.6 is 0 Å². The third-order valence-corrected chi connectivity index (χ3v) is 5.62. The number of methoxy groups -OCH3 is 1. The lowest BCUT2D eigenvalue weighted by Crippen LogP contribution is -2.15. The van der Waals surface area contributed by atoms with Crippen LogP contribution in [0.3, 0.4) is 0 Å². The molecule has 0 aliphatic carbocycles. The topological polar surface area (TPSA) is 120 Å². The van der Waals surface area contributed by atoms with Crippen molar-refractivity contribution in [1.29, 1.82) is 0 Å². The Bertz CT molecular complexity index is 491. The molecule has 0 heterocycles. The van der Waals surface area contributed by atoms with Gasteiger partial charge in [0, 0.05) is 13.7 Å². The van der Waals surface area contributed by atoms with Crippen molar-refractivity contribution in [2.75, 3.05) is 172 Å². The number of hydrogen-bond acceptors (Lipinski definition) is 13. The average Bonchev–Trinajstić information content (AvgIpc) is 3.02. The van der Waals surface area contributed by atoms with Crippen molar-refractivity contribution < 1.29 is 61.6 Å². The van der Waals surface area contributed by atoms with E-state index in [-0.39, 0.29) is 0 Å². The van der Waals surface area contributed by atoms with Gasteiger partial charge in [-0.15, -0.1) is 0 Å². The van der Waals surface area contributed by atoms with Gasteiger partial charge in [0.1, 0.15) is 0 Å². The highest BCUT2D eigenvalue weighted by Gasteiger charge is 1.99. The lowest BCUT2D eigenvalue weighted by molar-refractivity contribution is -0.0290. The first-order valence-corrected chi connectivity index (χ1v) is 15.7. The van der Waals surface area contributed by atoms with Gasteiger partial charge in [0.05, 0.1) is 159 Å². The monoisotopic (exact) mass is 630 g/mol. The predicted molar refractivity (Wildman–Crippen MR) is 161 cm³/mol. The second kappa shape index (κ2) is 39.5. The molecular weight excluding hydrogens is 568 g/mol. The van der Waals surface area contributed by atoms with Crippen LogP contribution in [0, 0.1) is 5.92 Å². The largest absolute Gasteiger partial charge is 0.382 e. The fraction of sp³-hybridized carbons (Fsp3) is 1.00. The zero-order chi connectivity index (χ0) is 31.2. The van der Waals surface area contributed by atoms with Crippen molar-refractivity contribution in [3.63, 3.8) is 0 Å². The third kappa shape index (κ3) is 39.5. The summed E-state index contributed by atoms with van der Waals surface area (Å²) in [5, 5.41) is 0. The van der Waals surface area contributed by atoms with Gasteiger partial charge in [-0.05, 0) is 5.92 Å². The Labute approximate surface area is 260 Å². The number of rotatable bonds is 39. The van der Waals surface area contributed by atoms with E-state index in [1.165, 1.54) is 0 Å². The molecular formula is C30H62O13. The Morgan fingerprint density at radius 2 is 0.488 bits per heavy atom. The van der Waals surface area contributed by atoms with Crippen LogP contribution in [0.4, 0.5) is 0 Å². The Morgan fingerprint density at radius 1 is 0.302 bits per heavy atom. The lowest BCUT2D eigenvalue weighted by Gasteiger charge is -2.10. The minimum atomic E-state index is 0.516. The molecule has 1 unspecified atom stereocenters. The highest BCUT2D eigenvalue weighted by molar-refractivity contribution is 4.46. The van der Waals surface area contributed by atoms with Gasteiger partial charge >= 0.3 is 0 Å². The van der Waals surface area contributed by atoms with Gasteiger partial charge in [-0.25, -0.2) is 0 Å². The summed E-state index contributed by atoms with van der Waals surface area (Å²) >= 11 is 0. The smallest absolute Gasteiger partial charge is 0.0701 e. The molecule has 13 heteroatoms. The molecule has 0 saturated heterocycles. The molecule has 260 valence electrons. The predicted octanol–water partition coefficient (Wildman–Crippen LogP) is 1.88. The standard InChI is InChI=1S/C30H62O13/c1-4-30(2)29-43-28-27-42-26-25-41-24-23-40-22-21-39-20-19-38-18-17-37-16-15-36-14-13-35-12-11-34-10-9-33-8-7-32-6-5-31-3/h30H,4-29H2,1-3H3. The second-order valence-electron chi connectivity index (χ2n) is 9.32. The molecule has 0 aliphatic heterocycles. The van der Waals surface area contributed by atoms with Gasteiger partial charge in [0.25, 0.3) is 0 Å². The highest BCUT2D eigenvalue weighted by Crippen LogP contribution is 2.00. The van der Waals surface area contributed by atoms with E-state index in [4.69, 9.17) is 61.6 Å². The number of ether oxygens (including phenoxy) is 13. The molecule has 1 atom stereocenters. The van der Waals surface area contributed by atoms with Crippen molar-refractivity contribution in [3.05, 3.63) is 0 Å². The van der Waals surface area contributed by atoms with E-state index < -0.39 is 0 Å². The first kappa shape index (κ1) is 42.5. The SMILES string of the molecule is CCC(C)COCCOCCOCCOCCOCCOCCOCCOCCOCCOCCOCCOCCOC. The Morgan fingerprint density at radius 3 is 0.674 bits per heavy atom. The maximum Gasteiger partial charge on any atom is 0.0701 e. The van der Waals surface area contributed by atoms with E-state index in [0.717, 1.165) is 13.0 Å². The molecule has 0 amide bonds. The lowest BCUT2D eigenvalue weighted by atomic mass is 10.1. The van der Waals surface area contributed by atoms with E-state index in [2.05, 4.69) is 13.8 Å². The molecule has 0 rings (SSSR count). The van der Waals surface area contributed by atoms with Crippen LogP contribution in [0.15, 0.2) is 0 Å². The Balaban J connectivity index is 3.04. The van der Waals surface area contributed by atoms with Crippen molar-refractivity contribution in [2.45, 2.75) is 20.3 Å². The van der Waals surface area contributed by atoms with Gasteiger partial charge in [0.2, 0.25) is 0 Å². The summed E-state index contributed by atoms with van der Waals surface area (Å²) in [6.45, 7) is 18.1. The minimum absolute atomic E-state index is 0.516. The van der Waals surface area contributed by atoms with Crippen LogP contribution < -0.4 is 0 Å². The molecule has 0 aromatic heterocycles. The zero-order valence-corrected chi connectivity index (χ0v) is 27.3. The summed E-state index contributed by atoms with van der Waals surface area (Å²) in [4.78, 5) is 0. The average molecular weight is 631 g/mol. The second-order valence-corrected chi connectivity index (χ2v) is 9.32. The van der Waals surface area contributed by atoms with Crippen LogP contribution in [-0.2, 0) is 61.6 Å². The van der Waals surface area contributed by atoms with Gasteiger partial charge in [-0.1, -0.05) is 20.3 Å². The Kier molecular flexibility index (Phi) is 39.0. The quantitative estimate of drug-likeness (QED) is 0.0921. The molecule has 0 aliphatic rings. The van der Waals surface area contributed by atoms with E-state index in [1.807, 2.05) is 0 Å². The van der Waals surface area contributed by atoms with Gasteiger partial charge < -0.3 is 61.6 Å². The van der Waals surface area contributed by atoms with Gasteiger partial charge in [0.15, 0.2) is 0 Å². The van der Waals surface area contributed by atoms with Gasteiger partial charge in [-0.3, -0.25) is 0 Å².